The smallest absolute Gasteiger partial charge is 0.137 e. The SMILES string of the molecule is CNC(Cc1cc(Cl)ccc1F)c1ccc(Br)c(F)c1. The molecule has 2 rings (SSSR count). The monoisotopic (exact) mass is 359 g/mol. The van der Waals surface area contributed by atoms with E-state index in [-0.39, 0.29) is 17.7 Å². The Morgan fingerprint density at radius 2 is 1.90 bits per heavy atom. The number of nitrogens with one attached hydrogen (secondary N) is 1. The van der Waals surface area contributed by atoms with Crippen LogP contribution in [-0.2, 0) is 6.42 Å². The van der Waals surface area contributed by atoms with E-state index in [0.717, 1.165) is 5.56 Å². The van der Waals surface area contributed by atoms with Crippen molar-refractivity contribution < 1.29 is 8.78 Å². The molecule has 0 aromatic heterocycles. The van der Waals surface area contributed by atoms with E-state index in [0.29, 0.717) is 21.5 Å². The number of hydrogen-bond donors (Lipinski definition) is 1. The molecule has 0 fully saturated rings. The molecule has 0 spiro atoms. The lowest BCUT2D eigenvalue weighted by atomic mass is 9.98. The first-order valence-corrected chi connectivity index (χ1v) is 7.24. The number of halogens is 4. The van der Waals surface area contributed by atoms with E-state index in [2.05, 4.69) is 21.2 Å². The van der Waals surface area contributed by atoms with Crippen LogP contribution in [0.2, 0.25) is 5.02 Å². The summed E-state index contributed by atoms with van der Waals surface area (Å²) in [5, 5.41) is 3.55. The maximum absolute atomic E-state index is 13.8. The van der Waals surface area contributed by atoms with Crippen LogP contribution in [0.25, 0.3) is 0 Å². The molecule has 0 aliphatic carbocycles. The molecule has 2 aromatic carbocycles. The maximum atomic E-state index is 13.8. The second-order valence-corrected chi connectivity index (χ2v) is 5.75. The van der Waals surface area contributed by atoms with Gasteiger partial charge in [-0.15, -0.1) is 0 Å². The molecule has 1 unspecified atom stereocenters. The molecule has 0 aliphatic heterocycles. The molecule has 0 bridgehead atoms. The largest absolute Gasteiger partial charge is 0.313 e. The van der Waals surface area contributed by atoms with E-state index in [1.807, 2.05) is 0 Å². The van der Waals surface area contributed by atoms with Gasteiger partial charge in [-0.05, 0) is 70.9 Å². The minimum atomic E-state index is -0.339. The summed E-state index contributed by atoms with van der Waals surface area (Å²) in [6.45, 7) is 0. The van der Waals surface area contributed by atoms with Gasteiger partial charge in [-0.1, -0.05) is 17.7 Å². The summed E-state index contributed by atoms with van der Waals surface area (Å²) in [5.74, 6) is -0.651. The van der Waals surface area contributed by atoms with E-state index >= 15 is 0 Å². The molecular formula is C15H13BrClF2N. The first-order valence-electron chi connectivity index (χ1n) is 6.07. The van der Waals surface area contributed by atoms with Gasteiger partial charge >= 0.3 is 0 Å². The fraction of sp³-hybridized carbons (Fsp3) is 0.200. The van der Waals surface area contributed by atoms with Gasteiger partial charge in [-0.25, -0.2) is 8.78 Å². The third-order valence-corrected chi connectivity index (χ3v) is 4.00. The zero-order valence-corrected chi connectivity index (χ0v) is 13.1. The highest BCUT2D eigenvalue weighted by molar-refractivity contribution is 9.10. The molecule has 106 valence electrons. The van der Waals surface area contributed by atoms with Gasteiger partial charge in [0.05, 0.1) is 4.47 Å². The zero-order valence-electron chi connectivity index (χ0n) is 10.8. The third kappa shape index (κ3) is 3.57. The van der Waals surface area contributed by atoms with Crippen molar-refractivity contribution in [3.8, 4) is 0 Å². The Balaban J connectivity index is 2.28. The van der Waals surface area contributed by atoms with E-state index in [9.17, 15) is 8.78 Å². The lowest BCUT2D eigenvalue weighted by Crippen LogP contribution is -2.19. The topological polar surface area (TPSA) is 12.0 Å². The summed E-state index contributed by atoms with van der Waals surface area (Å²) >= 11 is 9.00. The maximum Gasteiger partial charge on any atom is 0.137 e. The van der Waals surface area contributed by atoms with Gasteiger partial charge in [0.25, 0.3) is 0 Å². The van der Waals surface area contributed by atoms with Crippen molar-refractivity contribution in [1.29, 1.82) is 0 Å². The molecule has 0 saturated carbocycles. The average molecular weight is 361 g/mol. The van der Waals surface area contributed by atoms with Crippen LogP contribution in [0.4, 0.5) is 8.78 Å². The minimum Gasteiger partial charge on any atom is -0.313 e. The van der Waals surface area contributed by atoms with Gasteiger partial charge in [-0.3, -0.25) is 0 Å². The molecule has 0 aliphatic rings. The van der Waals surface area contributed by atoms with Crippen LogP contribution in [0.1, 0.15) is 17.2 Å². The summed E-state index contributed by atoms with van der Waals surface area (Å²) in [7, 11) is 1.76. The highest BCUT2D eigenvalue weighted by Gasteiger charge is 2.14. The van der Waals surface area contributed by atoms with Crippen molar-refractivity contribution in [2.75, 3.05) is 7.05 Å². The molecule has 0 amide bonds. The number of likely N-dealkylation sites (N-methyl/N-ethyl adjacent to an activating group) is 1. The van der Waals surface area contributed by atoms with Gasteiger partial charge in [0.2, 0.25) is 0 Å². The average Bonchev–Trinajstić information content (AvgIpc) is 2.43. The second kappa shape index (κ2) is 6.66. The predicted octanol–water partition coefficient (Wildman–Crippen LogP) is 4.88. The van der Waals surface area contributed by atoms with Crippen molar-refractivity contribution in [2.45, 2.75) is 12.5 Å². The zero-order chi connectivity index (χ0) is 14.7. The Morgan fingerprint density at radius 3 is 2.55 bits per heavy atom. The van der Waals surface area contributed by atoms with Crippen LogP contribution in [-0.4, -0.2) is 7.05 Å². The molecule has 5 heteroatoms. The molecule has 1 atom stereocenters. The molecule has 1 N–H and O–H groups in total. The van der Waals surface area contributed by atoms with Crippen LogP contribution in [0.15, 0.2) is 40.9 Å². The Labute approximate surface area is 130 Å². The Bertz CT molecular complexity index is 619. The lowest BCUT2D eigenvalue weighted by Gasteiger charge is -2.17. The van der Waals surface area contributed by atoms with Gasteiger partial charge in [0.15, 0.2) is 0 Å². The molecule has 0 saturated heterocycles. The molecule has 20 heavy (non-hydrogen) atoms. The lowest BCUT2D eigenvalue weighted by molar-refractivity contribution is 0.548. The quantitative estimate of drug-likeness (QED) is 0.819. The fourth-order valence-corrected chi connectivity index (χ4v) is 2.48. The van der Waals surface area contributed by atoms with Crippen molar-refractivity contribution in [2.24, 2.45) is 0 Å². The van der Waals surface area contributed by atoms with Gasteiger partial charge in [0, 0.05) is 11.1 Å². The van der Waals surface area contributed by atoms with Crippen LogP contribution >= 0.6 is 27.5 Å². The molecule has 1 nitrogen and oxygen atoms in total. The summed E-state index contributed by atoms with van der Waals surface area (Å²) in [4.78, 5) is 0. The summed E-state index contributed by atoms with van der Waals surface area (Å²) in [6.07, 6.45) is 0.393. The minimum absolute atomic E-state index is 0.189. The first kappa shape index (κ1) is 15.4. The van der Waals surface area contributed by atoms with Crippen molar-refractivity contribution >= 4 is 27.5 Å². The number of rotatable bonds is 4. The summed E-state index contributed by atoms with van der Waals surface area (Å²) in [6, 6.07) is 9.13. The number of hydrogen-bond acceptors (Lipinski definition) is 1. The normalized spacial score (nSPS) is 12.4. The van der Waals surface area contributed by atoms with Crippen LogP contribution in [0, 0.1) is 11.6 Å². The van der Waals surface area contributed by atoms with Crippen LogP contribution < -0.4 is 5.32 Å². The molecular weight excluding hydrogens is 348 g/mol. The highest BCUT2D eigenvalue weighted by Crippen LogP contribution is 2.25. The van der Waals surface area contributed by atoms with E-state index in [1.165, 1.54) is 18.2 Å². The Kier molecular flexibility index (Phi) is 5.13. The Hall–Kier alpha value is -0.970. The Morgan fingerprint density at radius 1 is 1.15 bits per heavy atom. The van der Waals surface area contributed by atoms with E-state index in [4.69, 9.17) is 11.6 Å². The molecule has 2 aromatic rings. The van der Waals surface area contributed by atoms with Gasteiger partial charge < -0.3 is 5.32 Å². The first-order chi connectivity index (χ1) is 9.51. The van der Waals surface area contributed by atoms with Crippen molar-refractivity contribution in [3.05, 3.63) is 68.7 Å². The fourth-order valence-electron chi connectivity index (χ4n) is 2.04. The summed E-state index contributed by atoms with van der Waals surface area (Å²) in [5.41, 5.74) is 1.26. The van der Waals surface area contributed by atoms with Crippen LogP contribution in [0.5, 0.6) is 0 Å². The molecule has 0 radical (unpaired) electrons. The highest BCUT2D eigenvalue weighted by atomic mass is 79.9. The predicted molar refractivity (Wildman–Crippen MR) is 81.0 cm³/mol. The number of benzene rings is 2. The second-order valence-electron chi connectivity index (χ2n) is 4.45. The van der Waals surface area contributed by atoms with Crippen molar-refractivity contribution in [1.82, 2.24) is 5.32 Å². The molecule has 0 heterocycles. The van der Waals surface area contributed by atoms with Crippen molar-refractivity contribution in [3.63, 3.8) is 0 Å². The summed E-state index contributed by atoms with van der Waals surface area (Å²) < 4.78 is 27.8. The van der Waals surface area contributed by atoms with E-state index < -0.39 is 0 Å². The van der Waals surface area contributed by atoms with Gasteiger partial charge in [-0.2, -0.15) is 0 Å². The third-order valence-electron chi connectivity index (χ3n) is 3.13. The van der Waals surface area contributed by atoms with E-state index in [1.54, 1.807) is 25.2 Å². The van der Waals surface area contributed by atoms with Gasteiger partial charge in [0.1, 0.15) is 11.6 Å². The standard InChI is InChI=1S/C15H13BrClF2N/c1-20-15(9-2-4-12(16)14(19)7-9)8-10-6-11(17)3-5-13(10)18/h2-7,15,20H,8H2,1H3. The van der Waals surface area contributed by atoms with Crippen LogP contribution in [0.3, 0.4) is 0 Å².